The quantitative estimate of drug-likeness (QED) is 0.597. The van der Waals surface area contributed by atoms with Crippen molar-refractivity contribution in [3.8, 4) is 0 Å². The Labute approximate surface area is 88.2 Å². The number of hydrogen-bond donors (Lipinski definition) is 0. The minimum Gasteiger partial charge on any atom is -0.870 e. The van der Waals surface area contributed by atoms with Gasteiger partial charge in [-0.15, -0.1) is 0 Å². The van der Waals surface area contributed by atoms with Gasteiger partial charge >= 0.3 is 0 Å². The third kappa shape index (κ3) is 2.12. The molecule has 0 aromatic rings. The van der Waals surface area contributed by atoms with Crippen molar-refractivity contribution in [2.45, 2.75) is 51.5 Å². The Morgan fingerprint density at radius 1 is 0.929 bits per heavy atom. The molecule has 2 aliphatic rings. The third-order valence-electron chi connectivity index (χ3n) is 4.45. The fraction of sp³-hybridized carbons (Fsp3) is 1.00. The van der Waals surface area contributed by atoms with Crippen LogP contribution in [0.3, 0.4) is 0 Å². The lowest BCUT2D eigenvalue weighted by molar-refractivity contribution is -0.927. The Balaban J connectivity index is 0.000000980. The van der Waals surface area contributed by atoms with E-state index in [9.17, 15) is 0 Å². The second-order valence-corrected chi connectivity index (χ2v) is 5.46. The number of likely N-dealkylation sites (tertiary alicyclic amines) is 1. The van der Waals surface area contributed by atoms with Crippen molar-refractivity contribution in [3.63, 3.8) is 0 Å². The van der Waals surface area contributed by atoms with Gasteiger partial charge in [0.2, 0.25) is 0 Å². The van der Waals surface area contributed by atoms with Crippen LogP contribution in [0.2, 0.25) is 0 Å². The van der Waals surface area contributed by atoms with Crippen LogP contribution < -0.4 is 0 Å². The Morgan fingerprint density at radius 3 is 2.07 bits per heavy atom. The molecule has 2 unspecified atom stereocenters. The van der Waals surface area contributed by atoms with Crippen LogP contribution in [0.5, 0.6) is 0 Å². The molecule has 2 heteroatoms. The fourth-order valence-electron chi connectivity index (χ4n) is 3.61. The Hall–Kier alpha value is -0.0800. The number of hydrogen-bond acceptors (Lipinski definition) is 1. The van der Waals surface area contributed by atoms with Gasteiger partial charge in [0.1, 0.15) is 0 Å². The normalized spacial score (nSPS) is 36.4. The average Bonchev–Trinajstić information content (AvgIpc) is 2.54. The molecule has 14 heavy (non-hydrogen) atoms. The van der Waals surface area contributed by atoms with Crippen LogP contribution in [0.15, 0.2) is 0 Å². The molecule has 1 aliphatic heterocycles. The summed E-state index contributed by atoms with van der Waals surface area (Å²) in [6.07, 6.45) is 8.90. The molecule has 0 radical (unpaired) electrons. The lowest BCUT2D eigenvalue weighted by Crippen LogP contribution is -2.53. The molecule has 0 aromatic heterocycles. The molecule has 0 bridgehead atoms. The van der Waals surface area contributed by atoms with Gasteiger partial charge in [-0.2, -0.15) is 0 Å². The van der Waals surface area contributed by atoms with Crippen molar-refractivity contribution in [1.82, 2.24) is 0 Å². The van der Waals surface area contributed by atoms with Gasteiger partial charge in [-0.1, -0.05) is 13.3 Å². The first-order valence-corrected chi connectivity index (χ1v) is 6.07. The van der Waals surface area contributed by atoms with E-state index in [4.69, 9.17) is 0 Å². The highest BCUT2D eigenvalue weighted by atomic mass is 16.0. The molecule has 1 aliphatic carbocycles. The molecule has 1 saturated heterocycles. The predicted molar refractivity (Wildman–Crippen MR) is 58.5 cm³/mol. The maximum Gasteiger partial charge on any atom is 0.0914 e. The molecule has 2 fully saturated rings. The molecular formula is C12H25NO. The molecule has 0 spiro atoms. The van der Waals surface area contributed by atoms with Crippen LogP contribution in [-0.4, -0.2) is 36.1 Å². The maximum atomic E-state index is 2.50. The molecule has 0 aromatic carbocycles. The van der Waals surface area contributed by atoms with Gasteiger partial charge in [-0.05, 0) is 19.3 Å². The summed E-state index contributed by atoms with van der Waals surface area (Å²) in [6.45, 7) is 5.38. The van der Waals surface area contributed by atoms with E-state index >= 15 is 0 Å². The number of quaternary nitrogens is 1. The number of rotatable bonds is 1. The monoisotopic (exact) mass is 199 g/mol. The largest absolute Gasteiger partial charge is 0.870 e. The molecule has 2 rings (SSSR count). The number of nitrogens with zero attached hydrogens (tertiary/aromatic N) is 1. The van der Waals surface area contributed by atoms with E-state index in [1.807, 2.05) is 0 Å². The van der Waals surface area contributed by atoms with Crippen molar-refractivity contribution in [1.29, 1.82) is 0 Å². The van der Waals surface area contributed by atoms with Gasteiger partial charge in [-0.25, -0.2) is 0 Å². The Morgan fingerprint density at radius 2 is 1.50 bits per heavy atom. The van der Waals surface area contributed by atoms with E-state index in [1.165, 1.54) is 56.1 Å². The van der Waals surface area contributed by atoms with Gasteiger partial charge in [0.05, 0.1) is 26.2 Å². The van der Waals surface area contributed by atoms with E-state index in [0.717, 1.165) is 12.0 Å². The van der Waals surface area contributed by atoms with E-state index in [1.54, 1.807) is 0 Å². The second kappa shape index (κ2) is 4.63. The highest BCUT2D eigenvalue weighted by Crippen LogP contribution is 2.34. The van der Waals surface area contributed by atoms with Crippen LogP contribution in [0.1, 0.15) is 45.4 Å². The van der Waals surface area contributed by atoms with Gasteiger partial charge in [0.15, 0.2) is 0 Å². The molecule has 1 heterocycles. The van der Waals surface area contributed by atoms with Crippen molar-refractivity contribution < 1.29 is 9.96 Å². The maximum absolute atomic E-state index is 2.50. The van der Waals surface area contributed by atoms with Gasteiger partial charge in [0.25, 0.3) is 0 Å². The van der Waals surface area contributed by atoms with Crippen LogP contribution >= 0.6 is 0 Å². The first kappa shape index (κ1) is 12.0. The summed E-state index contributed by atoms with van der Waals surface area (Å²) >= 11 is 0. The summed E-state index contributed by atoms with van der Waals surface area (Å²) in [7, 11) is 2.50. The van der Waals surface area contributed by atoms with Crippen molar-refractivity contribution in [3.05, 3.63) is 0 Å². The molecule has 1 saturated carbocycles. The summed E-state index contributed by atoms with van der Waals surface area (Å²) in [5, 5.41) is 0. The van der Waals surface area contributed by atoms with Crippen molar-refractivity contribution >= 4 is 0 Å². The standard InChI is InChI=1S/C12H24N.H2O/c1-11-7-3-4-8-12(11)13(2)9-5-6-10-13;/h11-12H,3-10H2,1-2H3;1H2/q+1;/p-1. The highest BCUT2D eigenvalue weighted by molar-refractivity contribution is 4.75. The molecule has 2 nitrogen and oxygen atoms in total. The molecular weight excluding hydrogens is 174 g/mol. The van der Waals surface area contributed by atoms with Crippen molar-refractivity contribution in [2.24, 2.45) is 5.92 Å². The summed E-state index contributed by atoms with van der Waals surface area (Å²) < 4.78 is 1.40. The SMILES string of the molecule is CC1CCCCC1[N+]1(C)CCCC1.[OH-]. The van der Waals surface area contributed by atoms with E-state index < -0.39 is 0 Å². The van der Waals surface area contributed by atoms with Gasteiger partial charge < -0.3 is 9.96 Å². The van der Waals surface area contributed by atoms with Crippen LogP contribution in [0, 0.1) is 5.92 Å². The van der Waals surface area contributed by atoms with Gasteiger partial charge in [0, 0.05) is 18.8 Å². The topological polar surface area (TPSA) is 30.0 Å². The van der Waals surface area contributed by atoms with Crippen LogP contribution in [-0.2, 0) is 0 Å². The zero-order chi connectivity index (χ0) is 9.31. The zero-order valence-corrected chi connectivity index (χ0v) is 9.71. The van der Waals surface area contributed by atoms with Crippen LogP contribution in [0.25, 0.3) is 0 Å². The predicted octanol–water partition coefficient (Wildman–Crippen LogP) is 2.63. The first-order chi connectivity index (χ1) is 6.22. The molecule has 1 N–H and O–H groups in total. The van der Waals surface area contributed by atoms with E-state index in [2.05, 4.69) is 14.0 Å². The summed E-state index contributed by atoms with van der Waals surface area (Å²) in [5.41, 5.74) is 0. The summed E-state index contributed by atoms with van der Waals surface area (Å²) in [4.78, 5) is 0. The zero-order valence-electron chi connectivity index (χ0n) is 9.71. The summed E-state index contributed by atoms with van der Waals surface area (Å²) in [5.74, 6) is 0.983. The fourth-order valence-corrected chi connectivity index (χ4v) is 3.61. The minimum absolute atomic E-state index is 0. The summed E-state index contributed by atoms with van der Waals surface area (Å²) in [6, 6.07) is 0.997. The first-order valence-electron chi connectivity index (χ1n) is 6.07. The molecule has 2 atom stereocenters. The van der Waals surface area contributed by atoms with Crippen molar-refractivity contribution in [2.75, 3.05) is 20.1 Å². The Bertz CT molecular complexity index is 175. The van der Waals surface area contributed by atoms with E-state index in [-0.39, 0.29) is 5.48 Å². The molecule has 0 amide bonds. The highest BCUT2D eigenvalue weighted by Gasteiger charge is 2.39. The average molecular weight is 199 g/mol. The van der Waals surface area contributed by atoms with E-state index in [0.29, 0.717) is 0 Å². The minimum atomic E-state index is 0. The van der Waals surface area contributed by atoms with Crippen LogP contribution in [0.4, 0.5) is 0 Å². The Kier molecular flexibility index (Phi) is 3.96. The lowest BCUT2D eigenvalue weighted by Gasteiger charge is -2.43. The second-order valence-electron chi connectivity index (χ2n) is 5.46. The van der Waals surface area contributed by atoms with Gasteiger partial charge in [-0.3, -0.25) is 0 Å². The molecule has 84 valence electrons. The lowest BCUT2D eigenvalue weighted by atomic mass is 9.84. The third-order valence-corrected chi connectivity index (χ3v) is 4.45. The smallest absolute Gasteiger partial charge is 0.0914 e.